The first-order valence-electron chi connectivity index (χ1n) is 13.1. The lowest BCUT2D eigenvalue weighted by Gasteiger charge is -2.32. The van der Waals surface area contributed by atoms with E-state index in [2.05, 4.69) is 5.32 Å². The van der Waals surface area contributed by atoms with Crippen molar-refractivity contribution in [3.8, 4) is 16.9 Å². The van der Waals surface area contributed by atoms with Crippen molar-refractivity contribution in [1.82, 2.24) is 5.32 Å². The van der Waals surface area contributed by atoms with E-state index >= 15 is 8.78 Å². The number of methoxy groups -OCH3 is 1. The number of aliphatic hydroxyl groups is 1. The molecule has 1 amide bonds. The molecule has 1 aliphatic rings. The molecular weight excluding hydrogens is 535 g/mol. The number of nitrogen functional groups attached to an aromatic ring is 1. The maximum absolute atomic E-state index is 16.3. The summed E-state index contributed by atoms with van der Waals surface area (Å²) in [5.74, 6) is -2.68. The van der Waals surface area contributed by atoms with Crippen molar-refractivity contribution in [2.24, 2.45) is 5.73 Å². The van der Waals surface area contributed by atoms with Gasteiger partial charge in [-0.2, -0.15) is 0 Å². The van der Waals surface area contributed by atoms with Crippen molar-refractivity contribution in [3.63, 3.8) is 0 Å². The fourth-order valence-electron chi connectivity index (χ4n) is 5.07. The van der Waals surface area contributed by atoms with E-state index in [9.17, 15) is 14.3 Å². The highest BCUT2D eigenvalue weighted by molar-refractivity contribution is 5.96. The molecule has 0 aliphatic carbocycles. The van der Waals surface area contributed by atoms with E-state index in [1.807, 2.05) is 0 Å². The molecule has 4 rings (SSSR count). The number of amides is 1. The van der Waals surface area contributed by atoms with Crippen LogP contribution in [0, 0.1) is 17.5 Å². The lowest BCUT2D eigenvalue weighted by Crippen LogP contribution is -2.41. The Balaban J connectivity index is 1.78. The van der Waals surface area contributed by atoms with E-state index in [1.54, 1.807) is 19.1 Å². The van der Waals surface area contributed by atoms with Crippen molar-refractivity contribution in [2.45, 2.75) is 44.8 Å². The van der Waals surface area contributed by atoms with Crippen LogP contribution in [-0.2, 0) is 15.9 Å². The monoisotopic (exact) mass is 569 g/mol. The summed E-state index contributed by atoms with van der Waals surface area (Å²) in [6, 6.07) is 9.02. The number of rotatable bonds is 8. The Kier molecular flexibility index (Phi) is 8.37. The van der Waals surface area contributed by atoms with Gasteiger partial charge in [0.25, 0.3) is 5.91 Å². The largest absolute Gasteiger partial charge is 0.495 e. The number of carbonyl (C=O) groups is 1. The summed E-state index contributed by atoms with van der Waals surface area (Å²) >= 11 is 0. The van der Waals surface area contributed by atoms with Gasteiger partial charge in [0.05, 0.1) is 30.5 Å². The van der Waals surface area contributed by atoms with Crippen LogP contribution in [0.25, 0.3) is 17.2 Å². The minimum atomic E-state index is -1.68. The number of benzene rings is 3. The summed E-state index contributed by atoms with van der Waals surface area (Å²) in [6.07, 6.45) is 2.48. The quantitative estimate of drug-likeness (QED) is 0.272. The molecular formula is C31H34F3N3O4. The van der Waals surface area contributed by atoms with Gasteiger partial charge in [0.2, 0.25) is 0 Å². The van der Waals surface area contributed by atoms with Crippen LogP contribution >= 0.6 is 0 Å². The summed E-state index contributed by atoms with van der Waals surface area (Å²) in [5.41, 5.74) is 9.89. The normalized spacial score (nSPS) is 17.5. The van der Waals surface area contributed by atoms with E-state index in [4.69, 9.17) is 20.9 Å². The van der Waals surface area contributed by atoms with Gasteiger partial charge in [-0.05, 0) is 75.6 Å². The van der Waals surface area contributed by atoms with Crippen LogP contribution in [0.2, 0.25) is 0 Å². The smallest absolute Gasteiger partial charge is 0.251 e. The molecule has 41 heavy (non-hydrogen) atoms. The number of carbonyl (C=O) groups excluding carboxylic acids is 1. The molecule has 1 saturated heterocycles. The summed E-state index contributed by atoms with van der Waals surface area (Å²) < 4.78 is 57.0. The van der Waals surface area contributed by atoms with Gasteiger partial charge in [-0.25, -0.2) is 13.2 Å². The molecule has 0 bridgehead atoms. The van der Waals surface area contributed by atoms with Gasteiger partial charge in [0.1, 0.15) is 28.8 Å². The standard InChI is InChI=1S/C31H34F3N3O4/c1-17(35)12-19-13-20(14-24(40-4)28(19)36)29(38)37-16-31(10-5-11-41-31)23-15-22(30(2,3)39)26(33)25(27(23)34)18-6-8-21(32)9-7-18/h6-9,12-15,39H,5,10-11,16,35-36H2,1-4H3,(H,37,38)/b17-12-. The Hall–Kier alpha value is -4.02. The zero-order valence-corrected chi connectivity index (χ0v) is 23.4. The van der Waals surface area contributed by atoms with E-state index in [1.165, 1.54) is 45.2 Å². The summed E-state index contributed by atoms with van der Waals surface area (Å²) in [6.45, 7) is 4.57. The third-order valence-corrected chi connectivity index (χ3v) is 7.16. The van der Waals surface area contributed by atoms with E-state index < -0.39 is 40.1 Å². The van der Waals surface area contributed by atoms with Gasteiger partial charge in [0, 0.05) is 34.6 Å². The van der Waals surface area contributed by atoms with Crippen LogP contribution < -0.4 is 21.5 Å². The Labute approximate surface area is 237 Å². The molecule has 0 radical (unpaired) electrons. The van der Waals surface area contributed by atoms with Gasteiger partial charge in [-0.15, -0.1) is 0 Å². The molecule has 0 spiro atoms. The molecule has 1 atom stereocenters. The molecule has 7 nitrogen and oxygen atoms in total. The molecule has 0 aromatic heterocycles. The third-order valence-electron chi connectivity index (χ3n) is 7.16. The zero-order valence-electron chi connectivity index (χ0n) is 23.4. The molecule has 10 heteroatoms. The van der Waals surface area contributed by atoms with E-state index in [-0.39, 0.29) is 41.2 Å². The maximum atomic E-state index is 16.3. The van der Waals surface area contributed by atoms with Crippen LogP contribution in [0.4, 0.5) is 18.9 Å². The molecule has 1 fully saturated rings. The third kappa shape index (κ3) is 6.03. The number of allylic oxidation sites excluding steroid dienone is 1. The lowest BCUT2D eigenvalue weighted by atomic mass is 9.83. The van der Waals surface area contributed by atoms with Crippen LogP contribution in [0.15, 0.2) is 48.2 Å². The molecule has 1 heterocycles. The van der Waals surface area contributed by atoms with E-state index in [0.717, 1.165) is 12.1 Å². The van der Waals surface area contributed by atoms with Gasteiger partial charge in [-0.1, -0.05) is 12.1 Å². The van der Waals surface area contributed by atoms with Gasteiger partial charge in [-0.3, -0.25) is 4.79 Å². The molecule has 1 unspecified atom stereocenters. The first-order valence-corrected chi connectivity index (χ1v) is 13.1. The highest BCUT2D eigenvalue weighted by Gasteiger charge is 2.42. The van der Waals surface area contributed by atoms with Crippen molar-refractivity contribution >= 4 is 17.7 Å². The molecule has 1 aliphatic heterocycles. The predicted molar refractivity (Wildman–Crippen MR) is 151 cm³/mol. The van der Waals surface area contributed by atoms with Gasteiger partial charge < -0.3 is 31.4 Å². The molecule has 3 aromatic carbocycles. The summed E-state index contributed by atoms with van der Waals surface area (Å²) in [7, 11) is 1.42. The molecule has 0 saturated carbocycles. The Morgan fingerprint density at radius 2 is 1.85 bits per heavy atom. The van der Waals surface area contributed by atoms with Gasteiger partial charge >= 0.3 is 0 Å². The molecule has 3 aromatic rings. The minimum Gasteiger partial charge on any atom is -0.495 e. The Morgan fingerprint density at radius 3 is 2.41 bits per heavy atom. The number of nitrogens with two attached hydrogens (primary N) is 2. The number of anilines is 1. The molecule has 6 N–H and O–H groups in total. The van der Waals surface area contributed by atoms with Crippen LogP contribution in [0.5, 0.6) is 5.75 Å². The SMILES string of the molecule is COc1cc(C(=O)NCC2(c3cc(C(C)(C)O)c(F)c(-c4ccc(F)cc4)c3F)CCCO2)cc(/C=C(/C)N)c1N. The fraction of sp³-hybridized carbons (Fsp3) is 0.323. The average Bonchev–Trinajstić information content (AvgIpc) is 3.38. The van der Waals surface area contributed by atoms with Gasteiger partial charge in [0.15, 0.2) is 0 Å². The van der Waals surface area contributed by atoms with Crippen LogP contribution in [0.1, 0.15) is 60.7 Å². The van der Waals surface area contributed by atoms with Crippen molar-refractivity contribution in [2.75, 3.05) is 26.0 Å². The highest BCUT2D eigenvalue weighted by atomic mass is 19.1. The lowest BCUT2D eigenvalue weighted by molar-refractivity contribution is -0.00192. The summed E-state index contributed by atoms with van der Waals surface area (Å²) in [4.78, 5) is 13.3. The average molecular weight is 570 g/mol. The van der Waals surface area contributed by atoms with Crippen molar-refractivity contribution < 1.29 is 32.5 Å². The number of nitrogens with one attached hydrogen (secondary N) is 1. The van der Waals surface area contributed by atoms with Crippen molar-refractivity contribution in [1.29, 1.82) is 0 Å². The first-order chi connectivity index (χ1) is 19.3. The zero-order chi connectivity index (χ0) is 30.1. The fourth-order valence-corrected chi connectivity index (χ4v) is 5.07. The Morgan fingerprint density at radius 1 is 1.17 bits per heavy atom. The number of hydrogen-bond donors (Lipinski definition) is 4. The number of ether oxygens (including phenoxy) is 2. The van der Waals surface area contributed by atoms with E-state index in [0.29, 0.717) is 29.8 Å². The second-order valence-corrected chi connectivity index (χ2v) is 10.7. The van der Waals surface area contributed by atoms with Crippen molar-refractivity contribution in [3.05, 3.63) is 87.9 Å². The van der Waals surface area contributed by atoms with Crippen LogP contribution in [-0.4, -0.2) is 31.3 Å². The number of hydrogen-bond acceptors (Lipinski definition) is 6. The second-order valence-electron chi connectivity index (χ2n) is 10.7. The minimum absolute atomic E-state index is 0.0228. The maximum Gasteiger partial charge on any atom is 0.251 e. The predicted octanol–water partition coefficient (Wildman–Crippen LogP) is 5.34. The summed E-state index contributed by atoms with van der Waals surface area (Å²) in [5, 5.41) is 13.6. The highest BCUT2D eigenvalue weighted by Crippen LogP contribution is 2.43. The van der Waals surface area contributed by atoms with Crippen LogP contribution in [0.3, 0.4) is 0 Å². The topological polar surface area (TPSA) is 120 Å². The Bertz CT molecular complexity index is 1490. The first kappa shape index (κ1) is 30.0. The molecule has 218 valence electrons. The second kappa shape index (κ2) is 11.5. The number of halogens is 3.